The minimum absolute atomic E-state index is 0.101. The molecule has 0 unspecified atom stereocenters. The number of benzene rings is 4. The molecule has 0 amide bonds. The average Bonchev–Trinajstić information content (AvgIpc) is 3.21. The third kappa shape index (κ3) is 3.81. The van der Waals surface area contributed by atoms with Crippen molar-refractivity contribution in [3.8, 4) is 5.75 Å². The fraction of sp³-hybridized carbons (Fsp3) is 0.129. The van der Waals surface area contributed by atoms with Crippen molar-refractivity contribution in [3.05, 3.63) is 121 Å². The molecule has 0 spiro atoms. The molecule has 37 heavy (non-hydrogen) atoms. The summed E-state index contributed by atoms with van der Waals surface area (Å²) in [6.45, 7) is 3.37. The molecule has 1 atom stereocenters. The van der Waals surface area contributed by atoms with Gasteiger partial charge in [0.2, 0.25) is 0 Å². The zero-order valence-electron chi connectivity index (χ0n) is 20.7. The Kier molecular flexibility index (Phi) is 5.61. The minimum Gasteiger partial charge on any atom is -0.497 e. The molecule has 0 fully saturated rings. The number of nitrogens with zero attached hydrogens (tertiary/aromatic N) is 2. The second kappa shape index (κ2) is 8.98. The van der Waals surface area contributed by atoms with Crippen LogP contribution in [0, 0.1) is 0 Å². The lowest BCUT2D eigenvalue weighted by molar-refractivity contribution is -0.114. The van der Waals surface area contributed by atoms with Crippen molar-refractivity contribution in [2.75, 3.05) is 7.11 Å². The summed E-state index contributed by atoms with van der Waals surface area (Å²) in [6, 6.07) is 25.6. The Hall–Kier alpha value is -4.29. The number of methoxy groups -OCH3 is 1. The van der Waals surface area contributed by atoms with E-state index in [4.69, 9.17) is 9.73 Å². The molecule has 6 rings (SSSR count). The first kappa shape index (κ1) is 23.1. The lowest BCUT2D eigenvalue weighted by atomic mass is 9.93. The van der Waals surface area contributed by atoms with Crippen LogP contribution < -0.4 is 19.6 Å². The van der Waals surface area contributed by atoms with Gasteiger partial charge in [0.25, 0.3) is 5.56 Å². The lowest BCUT2D eigenvalue weighted by Crippen LogP contribution is -2.39. The van der Waals surface area contributed by atoms with E-state index < -0.39 is 6.04 Å². The van der Waals surface area contributed by atoms with Crippen LogP contribution >= 0.6 is 11.3 Å². The van der Waals surface area contributed by atoms with Gasteiger partial charge in [0.15, 0.2) is 10.6 Å². The van der Waals surface area contributed by atoms with Gasteiger partial charge in [-0.3, -0.25) is 14.2 Å². The van der Waals surface area contributed by atoms with Gasteiger partial charge < -0.3 is 4.74 Å². The van der Waals surface area contributed by atoms with Gasteiger partial charge in [0.05, 0.1) is 17.7 Å². The first-order valence-electron chi connectivity index (χ1n) is 12.0. The first-order valence-corrected chi connectivity index (χ1v) is 12.9. The summed E-state index contributed by atoms with van der Waals surface area (Å²) in [5.74, 6) is 0.612. The number of Topliss-reactive ketones (excluding diaryl/α,β-unsaturated/α-hetero) is 1. The molecule has 0 bridgehead atoms. The number of carbonyl (C=O) groups is 1. The maximum atomic E-state index is 14.0. The standard InChI is InChI=1S/C31H24N2O3S/c1-18-28(19(2)34)29(20-12-14-23(36-3)15-13-20)33-30(35)27(37-31(33)32-18)17-26-24-10-6-4-8-21(24)16-22-9-5-7-11-25(22)26/h4-17,29H,1-3H3/b27-17-/t29-/m1/s1. The van der Waals surface area contributed by atoms with Crippen LogP contribution in [0.2, 0.25) is 0 Å². The molecule has 182 valence electrons. The number of carbonyl (C=O) groups excluding carboxylic acids is 1. The van der Waals surface area contributed by atoms with Gasteiger partial charge >= 0.3 is 0 Å². The number of hydrogen-bond donors (Lipinski definition) is 0. The summed E-state index contributed by atoms with van der Waals surface area (Å²) in [6.07, 6.45) is 1.98. The largest absolute Gasteiger partial charge is 0.497 e. The Balaban J connectivity index is 1.64. The molecule has 1 aliphatic rings. The molecule has 0 N–H and O–H groups in total. The topological polar surface area (TPSA) is 60.7 Å². The number of allylic oxidation sites excluding steroid dienone is 2. The molecular formula is C31H24N2O3S. The zero-order chi connectivity index (χ0) is 25.7. The molecule has 6 heteroatoms. The monoisotopic (exact) mass is 504 g/mol. The van der Waals surface area contributed by atoms with Crippen LogP contribution in [0.25, 0.3) is 27.6 Å². The van der Waals surface area contributed by atoms with E-state index >= 15 is 0 Å². The summed E-state index contributed by atoms with van der Waals surface area (Å²) < 4.78 is 7.56. The van der Waals surface area contributed by atoms with Crippen molar-refractivity contribution in [2.24, 2.45) is 4.99 Å². The molecule has 5 aromatic rings. The van der Waals surface area contributed by atoms with E-state index in [0.29, 0.717) is 26.4 Å². The summed E-state index contributed by atoms with van der Waals surface area (Å²) in [7, 11) is 1.61. The normalized spacial score (nSPS) is 15.6. The number of aromatic nitrogens is 1. The quantitative estimate of drug-likeness (QED) is 0.319. The van der Waals surface area contributed by atoms with Gasteiger partial charge in [-0.25, -0.2) is 4.99 Å². The van der Waals surface area contributed by atoms with Crippen LogP contribution in [0.3, 0.4) is 0 Å². The average molecular weight is 505 g/mol. The van der Waals surface area contributed by atoms with Gasteiger partial charge in [-0.15, -0.1) is 0 Å². The van der Waals surface area contributed by atoms with Crippen LogP contribution in [0.15, 0.2) is 99.9 Å². The van der Waals surface area contributed by atoms with Gasteiger partial charge in [-0.1, -0.05) is 72.0 Å². The number of rotatable bonds is 4. The number of hydrogen-bond acceptors (Lipinski definition) is 5. The zero-order valence-corrected chi connectivity index (χ0v) is 21.5. The molecule has 0 saturated heterocycles. The van der Waals surface area contributed by atoms with Crippen molar-refractivity contribution < 1.29 is 9.53 Å². The van der Waals surface area contributed by atoms with Crippen LogP contribution in [0.4, 0.5) is 0 Å². The maximum Gasteiger partial charge on any atom is 0.271 e. The van der Waals surface area contributed by atoms with Crippen LogP contribution in [0.1, 0.15) is 31.0 Å². The summed E-state index contributed by atoms with van der Waals surface area (Å²) in [5.41, 5.74) is 2.84. The number of thiazole rings is 1. The Morgan fingerprint density at radius 1 is 0.973 bits per heavy atom. The Morgan fingerprint density at radius 2 is 1.59 bits per heavy atom. The van der Waals surface area contributed by atoms with Gasteiger partial charge in [-0.05, 0) is 70.8 Å². The second-order valence-corrected chi connectivity index (χ2v) is 10.2. The fourth-order valence-corrected chi connectivity index (χ4v) is 6.24. The van der Waals surface area contributed by atoms with Crippen LogP contribution in [-0.4, -0.2) is 17.5 Å². The Labute approximate surface area is 217 Å². The van der Waals surface area contributed by atoms with E-state index in [9.17, 15) is 9.59 Å². The Bertz CT molecular complexity index is 1870. The van der Waals surface area contributed by atoms with Crippen LogP contribution in [0.5, 0.6) is 5.75 Å². The molecule has 0 radical (unpaired) electrons. The fourth-order valence-electron chi connectivity index (χ4n) is 5.21. The highest BCUT2D eigenvalue weighted by molar-refractivity contribution is 7.07. The van der Waals surface area contributed by atoms with E-state index in [-0.39, 0.29) is 11.3 Å². The highest BCUT2D eigenvalue weighted by atomic mass is 32.1. The number of ether oxygens (including phenoxy) is 1. The minimum atomic E-state index is -0.550. The summed E-state index contributed by atoms with van der Waals surface area (Å²) in [4.78, 5) is 32.0. The molecule has 1 aromatic heterocycles. The SMILES string of the molecule is COc1ccc([C@@H]2C(C(C)=O)=C(C)N=c3s/c(=C\c4c5ccccc5cc5ccccc45)c(=O)n32)cc1. The second-order valence-electron chi connectivity index (χ2n) is 9.14. The smallest absolute Gasteiger partial charge is 0.271 e. The van der Waals surface area contributed by atoms with E-state index in [2.05, 4.69) is 30.3 Å². The van der Waals surface area contributed by atoms with Gasteiger partial charge in [0, 0.05) is 11.3 Å². The maximum absolute atomic E-state index is 14.0. The van der Waals surface area contributed by atoms with E-state index in [1.807, 2.05) is 61.5 Å². The highest BCUT2D eigenvalue weighted by Gasteiger charge is 2.30. The van der Waals surface area contributed by atoms with Crippen molar-refractivity contribution in [2.45, 2.75) is 19.9 Å². The van der Waals surface area contributed by atoms with E-state index in [1.165, 1.54) is 18.3 Å². The Morgan fingerprint density at radius 3 is 2.19 bits per heavy atom. The van der Waals surface area contributed by atoms with Crippen LogP contribution in [-0.2, 0) is 4.79 Å². The predicted molar refractivity (Wildman–Crippen MR) is 149 cm³/mol. The molecule has 4 aromatic carbocycles. The molecule has 0 aliphatic carbocycles. The van der Waals surface area contributed by atoms with Crippen molar-refractivity contribution in [1.29, 1.82) is 0 Å². The van der Waals surface area contributed by atoms with Gasteiger partial charge in [0.1, 0.15) is 5.75 Å². The van der Waals surface area contributed by atoms with Crippen molar-refractivity contribution in [3.63, 3.8) is 0 Å². The molecule has 0 saturated carbocycles. The predicted octanol–water partition coefficient (Wildman–Crippen LogP) is 5.14. The molecule has 1 aliphatic heterocycles. The third-order valence-electron chi connectivity index (χ3n) is 6.92. The number of ketones is 1. The summed E-state index contributed by atoms with van der Waals surface area (Å²) >= 11 is 1.36. The highest BCUT2D eigenvalue weighted by Crippen LogP contribution is 2.32. The molecule has 5 nitrogen and oxygen atoms in total. The van der Waals surface area contributed by atoms with Crippen molar-refractivity contribution in [1.82, 2.24) is 4.57 Å². The molecule has 2 heterocycles. The number of fused-ring (bicyclic) bond motifs is 3. The van der Waals surface area contributed by atoms with Gasteiger partial charge in [-0.2, -0.15) is 0 Å². The summed E-state index contributed by atoms with van der Waals surface area (Å²) in [5, 5.41) is 4.40. The first-order chi connectivity index (χ1) is 18.0. The molecular weight excluding hydrogens is 480 g/mol. The van der Waals surface area contributed by atoms with E-state index in [0.717, 1.165) is 32.7 Å². The lowest BCUT2D eigenvalue weighted by Gasteiger charge is -2.24. The third-order valence-corrected chi connectivity index (χ3v) is 7.90. The van der Waals surface area contributed by atoms with Crippen molar-refractivity contribution >= 4 is 44.7 Å². The van der Waals surface area contributed by atoms with E-state index in [1.54, 1.807) is 11.7 Å².